The lowest BCUT2D eigenvalue weighted by Crippen LogP contribution is -1.94. The van der Waals surface area contributed by atoms with Crippen molar-refractivity contribution < 1.29 is 14.2 Å². The fourth-order valence-corrected chi connectivity index (χ4v) is 3.05. The van der Waals surface area contributed by atoms with Gasteiger partial charge in [-0.15, -0.1) is 0 Å². The average Bonchev–Trinajstić information content (AvgIpc) is 2.83. The third kappa shape index (κ3) is 2.07. The zero-order valence-electron chi connectivity index (χ0n) is 11.0. The van der Waals surface area contributed by atoms with E-state index in [-0.39, 0.29) is 5.82 Å². The van der Waals surface area contributed by atoms with Crippen LogP contribution in [0.15, 0.2) is 30.3 Å². The zero-order valence-corrected chi connectivity index (χ0v) is 11.7. The van der Waals surface area contributed by atoms with Gasteiger partial charge in [-0.3, -0.25) is 0 Å². The number of benzene rings is 2. The number of rotatable bonds is 2. The second-order valence-electron chi connectivity index (χ2n) is 4.90. The highest BCUT2D eigenvalue weighted by Gasteiger charge is 2.24. The molecule has 0 aliphatic heterocycles. The summed E-state index contributed by atoms with van der Waals surface area (Å²) in [5.74, 6) is 0.240. The van der Waals surface area contributed by atoms with E-state index in [1.54, 1.807) is 18.2 Å². The van der Waals surface area contributed by atoms with Crippen molar-refractivity contribution >= 4 is 11.6 Å². The van der Waals surface area contributed by atoms with Gasteiger partial charge in [-0.2, -0.15) is 0 Å². The molecule has 3 rings (SSSR count). The molecule has 0 saturated carbocycles. The van der Waals surface area contributed by atoms with E-state index in [0.29, 0.717) is 28.3 Å². The molecule has 1 atom stereocenters. The highest BCUT2D eigenvalue weighted by atomic mass is 35.5. The van der Waals surface area contributed by atoms with Crippen molar-refractivity contribution in [3.05, 3.63) is 52.3 Å². The Morgan fingerprint density at radius 1 is 1.25 bits per heavy atom. The quantitative estimate of drug-likeness (QED) is 0.901. The summed E-state index contributed by atoms with van der Waals surface area (Å²) in [6, 6.07) is 8.16. The summed E-state index contributed by atoms with van der Waals surface area (Å²) >= 11 is 6.40. The molecular formula is C16H14ClFO2. The highest BCUT2D eigenvalue weighted by molar-refractivity contribution is 6.34. The van der Waals surface area contributed by atoms with Crippen LogP contribution in [-0.2, 0) is 6.42 Å². The van der Waals surface area contributed by atoms with Gasteiger partial charge in [0.25, 0.3) is 0 Å². The third-order valence-corrected chi connectivity index (χ3v) is 4.20. The van der Waals surface area contributed by atoms with Crippen molar-refractivity contribution in [2.45, 2.75) is 18.9 Å². The molecule has 0 amide bonds. The number of aliphatic hydroxyl groups excluding tert-OH is 1. The standard InChI is InChI=1S/C16H14ClFO2/c1-20-9-2-6-14(18)13(8-9)12-4-3-10-11(16(12)17)5-7-15(10)19/h2-4,6,8,15,19H,5,7H2,1H3. The highest BCUT2D eigenvalue weighted by Crippen LogP contribution is 2.41. The summed E-state index contributed by atoms with van der Waals surface area (Å²) in [6.07, 6.45) is 0.917. The van der Waals surface area contributed by atoms with Crippen LogP contribution in [0.3, 0.4) is 0 Å². The lowest BCUT2D eigenvalue weighted by molar-refractivity contribution is 0.180. The van der Waals surface area contributed by atoms with Crippen LogP contribution in [0.5, 0.6) is 5.75 Å². The van der Waals surface area contributed by atoms with E-state index >= 15 is 0 Å². The lowest BCUT2D eigenvalue weighted by Gasteiger charge is -2.12. The summed E-state index contributed by atoms with van der Waals surface area (Å²) in [4.78, 5) is 0. The Hall–Kier alpha value is -1.58. The Morgan fingerprint density at radius 3 is 2.80 bits per heavy atom. The number of hydrogen-bond acceptors (Lipinski definition) is 2. The first-order valence-electron chi connectivity index (χ1n) is 6.45. The van der Waals surface area contributed by atoms with Gasteiger partial charge in [0, 0.05) is 11.1 Å². The SMILES string of the molecule is COc1ccc(F)c(-c2ccc3c(c2Cl)CCC3O)c1. The number of methoxy groups -OCH3 is 1. The molecule has 0 spiro atoms. The maximum Gasteiger partial charge on any atom is 0.131 e. The summed E-state index contributed by atoms with van der Waals surface area (Å²) in [6.45, 7) is 0. The molecular weight excluding hydrogens is 279 g/mol. The zero-order chi connectivity index (χ0) is 14.3. The van der Waals surface area contributed by atoms with Crippen molar-refractivity contribution in [1.29, 1.82) is 0 Å². The van der Waals surface area contributed by atoms with Gasteiger partial charge in [-0.1, -0.05) is 23.7 Å². The molecule has 0 aromatic heterocycles. The molecule has 0 fully saturated rings. The normalized spacial score (nSPS) is 17.1. The minimum absolute atomic E-state index is 0.341. The maximum absolute atomic E-state index is 14.0. The number of hydrogen-bond donors (Lipinski definition) is 1. The maximum atomic E-state index is 14.0. The van der Waals surface area contributed by atoms with E-state index in [1.165, 1.54) is 13.2 Å². The molecule has 0 heterocycles. The number of ether oxygens (including phenoxy) is 1. The molecule has 1 aliphatic carbocycles. The van der Waals surface area contributed by atoms with Gasteiger partial charge in [0.1, 0.15) is 11.6 Å². The predicted molar refractivity (Wildman–Crippen MR) is 76.7 cm³/mol. The van der Waals surface area contributed by atoms with Crippen LogP contribution in [0.2, 0.25) is 5.02 Å². The predicted octanol–water partition coefficient (Wildman–Crippen LogP) is 4.13. The Kier molecular flexibility index (Phi) is 3.40. The molecule has 2 aromatic rings. The molecule has 104 valence electrons. The van der Waals surface area contributed by atoms with Crippen molar-refractivity contribution in [2.24, 2.45) is 0 Å². The van der Waals surface area contributed by atoms with E-state index in [0.717, 1.165) is 17.5 Å². The first-order chi connectivity index (χ1) is 9.61. The molecule has 2 nitrogen and oxygen atoms in total. The van der Waals surface area contributed by atoms with Gasteiger partial charge < -0.3 is 9.84 Å². The molecule has 0 bridgehead atoms. The minimum Gasteiger partial charge on any atom is -0.497 e. The number of fused-ring (bicyclic) bond motifs is 1. The first-order valence-corrected chi connectivity index (χ1v) is 6.83. The van der Waals surface area contributed by atoms with Crippen LogP contribution >= 0.6 is 11.6 Å². The summed E-state index contributed by atoms with van der Waals surface area (Å²) in [5.41, 5.74) is 2.82. The summed E-state index contributed by atoms with van der Waals surface area (Å²) < 4.78 is 19.2. The lowest BCUT2D eigenvalue weighted by atomic mass is 9.99. The molecule has 0 radical (unpaired) electrons. The van der Waals surface area contributed by atoms with Crippen LogP contribution in [0, 0.1) is 5.82 Å². The van der Waals surface area contributed by atoms with Crippen LogP contribution < -0.4 is 4.74 Å². The fraction of sp³-hybridized carbons (Fsp3) is 0.250. The van der Waals surface area contributed by atoms with E-state index in [9.17, 15) is 9.50 Å². The van der Waals surface area contributed by atoms with E-state index in [4.69, 9.17) is 16.3 Å². The van der Waals surface area contributed by atoms with E-state index in [2.05, 4.69) is 0 Å². The Bertz CT molecular complexity index is 670. The van der Waals surface area contributed by atoms with Crippen molar-refractivity contribution in [3.63, 3.8) is 0 Å². The number of halogens is 2. The largest absolute Gasteiger partial charge is 0.497 e. The van der Waals surface area contributed by atoms with Crippen molar-refractivity contribution in [1.82, 2.24) is 0 Å². The van der Waals surface area contributed by atoms with Crippen molar-refractivity contribution in [3.8, 4) is 16.9 Å². The van der Waals surface area contributed by atoms with Gasteiger partial charge >= 0.3 is 0 Å². The molecule has 1 aliphatic rings. The Balaban J connectivity index is 2.16. The molecule has 1 unspecified atom stereocenters. The average molecular weight is 293 g/mol. The van der Waals surface area contributed by atoms with Gasteiger partial charge in [0.05, 0.1) is 18.2 Å². The molecule has 0 saturated heterocycles. The monoisotopic (exact) mass is 292 g/mol. The second kappa shape index (κ2) is 5.08. The van der Waals surface area contributed by atoms with Gasteiger partial charge in [0.15, 0.2) is 0 Å². The van der Waals surface area contributed by atoms with Crippen LogP contribution in [0.25, 0.3) is 11.1 Å². The van der Waals surface area contributed by atoms with E-state index in [1.807, 2.05) is 6.07 Å². The van der Waals surface area contributed by atoms with E-state index < -0.39 is 6.10 Å². The smallest absolute Gasteiger partial charge is 0.131 e. The van der Waals surface area contributed by atoms with Gasteiger partial charge in [-0.25, -0.2) is 4.39 Å². The van der Waals surface area contributed by atoms with Gasteiger partial charge in [-0.05, 0) is 42.2 Å². The second-order valence-corrected chi connectivity index (χ2v) is 5.27. The van der Waals surface area contributed by atoms with Crippen LogP contribution in [0.1, 0.15) is 23.7 Å². The molecule has 1 N–H and O–H groups in total. The van der Waals surface area contributed by atoms with Crippen molar-refractivity contribution in [2.75, 3.05) is 7.11 Å². The molecule has 20 heavy (non-hydrogen) atoms. The summed E-state index contributed by atoms with van der Waals surface area (Å²) in [5, 5.41) is 10.4. The van der Waals surface area contributed by atoms with Crippen LogP contribution in [0.4, 0.5) is 4.39 Å². The summed E-state index contributed by atoms with van der Waals surface area (Å²) in [7, 11) is 1.54. The third-order valence-electron chi connectivity index (χ3n) is 3.77. The minimum atomic E-state index is -0.466. The number of aliphatic hydroxyl groups is 1. The topological polar surface area (TPSA) is 29.5 Å². The van der Waals surface area contributed by atoms with Gasteiger partial charge in [0.2, 0.25) is 0 Å². The molecule has 4 heteroatoms. The van der Waals surface area contributed by atoms with Crippen LogP contribution in [-0.4, -0.2) is 12.2 Å². The molecule has 2 aromatic carbocycles. The fourth-order valence-electron chi connectivity index (χ4n) is 2.68. The Morgan fingerprint density at radius 2 is 2.05 bits per heavy atom. The Labute approximate surface area is 121 Å². The first kappa shape index (κ1) is 13.4.